The fourth-order valence-corrected chi connectivity index (χ4v) is 4.22. The van der Waals surface area contributed by atoms with Gasteiger partial charge in [0.15, 0.2) is 0 Å². The maximum Gasteiger partial charge on any atom is 0.269 e. The number of ether oxygens (including phenoxy) is 1. The summed E-state index contributed by atoms with van der Waals surface area (Å²) in [4.78, 5) is 10.8. The van der Waals surface area contributed by atoms with Gasteiger partial charge in [-0.1, -0.05) is 21.6 Å². The van der Waals surface area contributed by atoms with E-state index < -0.39 is 41.4 Å². The van der Waals surface area contributed by atoms with Gasteiger partial charge in [-0.05, 0) is 12.1 Å². The van der Waals surface area contributed by atoms with Crippen LogP contribution in [0.1, 0.15) is 0 Å². The summed E-state index contributed by atoms with van der Waals surface area (Å²) in [7, 11) is 2.29. The molecule has 1 aromatic carbocycles. The van der Waals surface area contributed by atoms with E-state index in [1.165, 1.54) is 22.9 Å². The number of nitro benzene ring substituents is 1. The molecule has 0 aliphatic carbocycles. The first-order chi connectivity index (χ1) is 10.4. The van der Waals surface area contributed by atoms with Crippen molar-refractivity contribution >= 4 is 27.3 Å². The number of nitrogens with zero attached hydrogens (tertiary/aromatic N) is 1. The molecule has 122 valence electrons. The number of benzene rings is 1. The molecule has 1 aliphatic heterocycles. The fourth-order valence-electron chi connectivity index (χ4n) is 1.87. The first-order valence-electron chi connectivity index (χ1n) is 6.32. The molecule has 8 nitrogen and oxygen atoms in total. The number of aliphatic hydroxyl groups excluding tert-OH is 4. The Kier molecular flexibility index (Phi) is 6.03. The monoisotopic (exact) mass is 349 g/mol. The van der Waals surface area contributed by atoms with E-state index in [4.69, 9.17) is 9.84 Å². The van der Waals surface area contributed by atoms with Crippen molar-refractivity contribution in [3.8, 4) is 0 Å². The van der Waals surface area contributed by atoms with Gasteiger partial charge in [0.2, 0.25) is 0 Å². The van der Waals surface area contributed by atoms with Crippen molar-refractivity contribution in [2.75, 3.05) is 6.61 Å². The molecule has 1 saturated heterocycles. The third-order valence-corrected chi connectivity index (χ3v) is 5.71. The third-order valence-electron chi connectivity index (χ3n) is 3.14. The van der Waals surface area contributed by atoms with E-state index in [-0.39, 0.29) is 5.69 Å². The van der Waals surface area contributed by atoms with Crippen molar-refractivity contribution in [2.45, 2.75) is 34.7 Å². The summed E-state index contributed by atoms with van der Waals surface area (Å²) in [6, 6.07) is 5.83. The molecule has 2 rings (SSSR count). The second-order valence-electron chi connectivity index (χ2n) is 4.63. The molecule has 0 saturated carbocycles. The van der Waals surface area contributed by atoms with Gasteiger partial charge in [-0.15, -0.1) is 0 Å². The second kappa shape index (κ2) is 7.59. The largest absolute Gasteiger partial charge is 0.394 e. The summed E-state index contributed by atoms with van der Waals surface area (Å²) in [5.41, 5.74) is -0.877. The maximum absolute atomic E-state index is 10.6. The van der Waals surface area contributed by atoms with E-state index in [2.05, 4.69) is 0 Å². The topological polar surface area (TPSA) is 133 Å². The van der Waals surface area contributed by atoms with Crippen LogP contribution in [0.3, 0.4) is 0 Å². The zero-order chi connectivity index (χ0) is 16.3. The summed E-state index contributed by atoms with van der Waals surface area (Å²) in [6.07, 6.45) is -5.07. The normalized spacial score (nSPS) is 31.9. The zero-order valence-corrected chi connectivity index (χ0v) is 12.8. The summed E-state index contributed by atoms with van der Waals surface area (Å²) >= 11 is 0. The zero-order valence-electron chi connectivity index (χ0n) is 11.2. The highest BCUT2D eigenvalue weighted by molar-refractivity contribution is 8.76. The third kappa shape index (κ3) is 3.90. The van der Waals surface area contributed by atoms with Crippen LogP contribution in [-0.2, 0) is 4.74 Å². The van der Waals surface area contributed by atoms with Crippen LogP contribution in [0.2, 0.25) is 0 Å². The van der Waals surface area contributed by atoms with Gasteiger partial charge in [0.1, 0.15) is 29.9 Å². The molecule has 5 atom stereocenters. The van der Waals surface area contributed by atoms with Crippen molar-refractivity contribution in [3.63, 3.8) is 0 Å². The Morgan fingerprint density at radius 3 is 2.32 bits per heavy atom. The molecule has 0 bridgehead atoms. The predicted octanol–water partition coefficient (Wildman–Crippen LogP) is 0.135. The highest BCUT2D eigenvalue weighted by Gasteiger charge is 2.43. The summed E-state index contributed by atoms with van der Waals surface area (Å²) in [5.74, 6) is 0. The average molecular weight is 349 g/mol. The van der Waals surface area contributed by atoms with Crippen molar-refractivity contribution in [3.05, 3.63) is 34.4 Å². The number of rotatable bonds is 5. The van der Waals surface area contributed by atoms with E-state index in [1.54, 1.807) is 12.1 Å². The molecule has 1 aromatic rings. The Hall–Kier alpha value is -0.880. The quantitative estimate of drug-likeness (QED) is 0.332. The van der Waals surface area contributed by atoms with Crippen LogP contribution in [0.5, 0.6) is 0 Å². The molecule has 0 spiro atoms. The Morgan fingerprint density at radius 1 is 1.14 bits per heavy atom. The van der Waals surface area contributed by atoms with Gasteiger partial charge in [0.25, 0.3) is 5.69 Å². The lowest BCUT2D eigenvalue weighted by atomic mass is 10.0. The molecule has 22 heavy (non-hydrogen) atoms. The fraction of sp³-hybridized carbons (Fsp3) is 0.500. The van der Waals surface area contributed by atoms with Crippen LogP contribution < -0.4 is 0 Å². The number of non-ortho nitro benzene ring substituents is 1. The Balaban J connectivity index is 1.96. The Labute approximate surface area is 133 Å². The van der Waals surface area contributed by atoms with Gasteiger partial charge in [0.05, 0.1) is 11.5 Å². The van der Waals surface area contributed by atoms with Gasteiger partial charge < -0.3 is 25.2 Å². The van der Waals surface area contributed by atoms with Gasteiger partial charge >= 0.3 is 0 Å². The summed E-state index contributed by atoms with van der Waals surface area (Å²) in [6.45, 7) is -0.482. The van der Waals surface area contributed by atoms with Crippen molar-refractivity contribution in [1.82, 2.24) is 0 Å². The van der Waals surface area contributed by atoms with Gasteiger partial charge in [-0.3, -0.25) is 10.1 Å². The number of hydrogen-bond donors (Lipinski definition) is 4. The number of hydrogen-bond acceptors (Lipinski definition) is 9. The van der Waals surface area contributed by atoms with Crippen LogP contribution in [0.15, 0.2) is 29.2 Å². The molecule has 1 heterocycles. The van der Waals surface area contributed by atoms with E-state index in [1.807, 2.05) is 0 Å². The predicted molar refractivity (Wildman–Crippen MR) is 80.3 cm³/mol. The molecule has 1 aliphatic rings. The van der Waals surface area contributed by atoms with Crippen molar-refractivity contribution in [2.24, 2.45) is 0 Å². The minimum absolute atomic E-state index is 0.0257. The first kappa shape index (κ1) is 17.5. The van der Waals surface area contributed by atoms with Gasteiger partial charge in [0, 0.05) is 17.0 Å². The maximum atomic E-state index is 10.6. The molecular weight excluding hydrogens is 334 g/mol. The van der Waals surface area contributed by atoms with Crippen LogP contribution in [0, 0.1) is 10.1 Å². The summed E-state index contributed by atoms with van der Waals surface area (Å²) < 4.78 is 5.34. The molecule has 0 amide bonds. The minimum atomic E-state index is -1.42. The van der Waals surface area contributed by atoms with Gasteiger partial charge in [-0.25, -0.2) is 0 Å². The Bertz CT molecular complexity index is 513. The number of nitro groups is 1. The average Bonchev–Trinajstić information content (AvgIpc) is 2.52. The molecule has 10 heteroatoms. The van der Waals surface area contributed by atoms with E-state index in [0.717, 1.165) is 10.8 Å². The second-order valence-corrected chi connectivity index (χ2v) is 7.00. The summed E-state index contributed by atoms with van der Waals surface area (Å²) in [5, 5.41) is 48.9. The molecule has 0 aromatic heterocycles. The highest BCUT2D eigenvalue weighted by atomic mass is 33.1. The van der Waals surface area contributed by atoms with Gasteiger partial charge in [-0.2, -0.15) is 0 Å². The van der Waals surface area contributed by atoms with E-state index in [0.29, 0.717) is 4.90 Å². The number of aliphatic hydroxyl groups is 4. The Morgan fingerprint density at radius 2 is 1.77 bits per heavy atom. The molecule has 1 fully saturated rings. The molecular formula is C12H15NO7S2. The highest BCUT2D eigenvalue weighted by Crippen LogP contribution is 2.40. The van der Waals surface area contributed by atoms with Crippen LogP contribution in [0.25, 0.3) is 0 Å². The molecule has 0 radical (unpaired) electrons. The van der Waals surface area contributed by atoms with Crippen molar-refractivity contribution < 1.29 is 30.1 Å². The van der Waals surface area contributed by atoms with Crippen molar-refractivity contribution in [1.29, 1.82) is 0 Å². The van der Waals surface area contributed by atoms with E-state index in [9.17, 15) is 25.4 Å². The molecule has 4 N–H and O–H groups in total. The minimum Gasteiger partial charge on any atom is -0.394 e. The lowest BCUT2D eigenvalue weighted by Crippen LogP contribution is -2.57. The van der Waals surface area contributed by atoms with Crippen LogP contribution in [-0.4, -0.2) is 61.8 Å². The SMILES string of the molecule is O=[N+]([O-])c1ccc(SS[C@@H]2O[C@H](CO)[C@H](O)[C@H](O)[C@H]2O)cc1. The molecule has 0 unspecified atom stereocenters. The van der Waals surface area contributed by atoms with Crippen LogP contribution >= 0.6 is 21.6 Å². The first-order valence-corrected chi connectivity index (χ1v) is 8.53. The van der Waals surface area contributed by atoms with Crippen LogP contribution in [0.4, 0.5) is 5.69 Å². The standard InChI is InChI=1S/C12H15NO7S2/c14-5-8-9(15)10(16)11(17)12(20-8)22-21-7-3-1-6(2-4-7)13(18)19/h1-4,8-12,14-17H,5H2/t8-,9+,10+,11-,12+/m1/s1. The van der Waals surface area contributed by atoms with E-state index >= 15 is 0 Å². The lowest BCUT2D eigenvalue weighted by Gasteiger charge is -2.39. The lowest BCUT2D eigenvalue weighted by molar-refractivity contribution is -0.384. The smallest absolute Gasteiger partial charge is 0.269 e.